The zero-order chi connectivity index (χ0) is 23.3. The highest BCUT2D eigenvalue weighted by Gasteiger charge is 2.37. The number of hydrogen-bond acceptors (Lipinski definition) is 9. The van der Waals surface area contributed by atoms with E-state index in [1.807, 2.05) is 6.07 Å². The van der Waals surface area contributed by atoms with Gasteiger partial charge in [-0.25, -0.2) is 13.9 Å². The largest absolute Gasteiger partial charge is 0.382 e. The maximum absolute atomic E-state index is 14.1. The van der Waals surface area contributed by atoms with E-state index in [1.165, 1.54) is 10.8 Å². The number of anilines is 3. The van der Waals surface area contributed by atoms with Crippen LogP contribution in [0.3, 0.4) is 0 Å². The summed E-state index contributed by atoms with van der Waals surface area (Å²) in [6, 6.07) is 5.18. The van der Waals surface area contributed by atoms with Gasteiger partial charge in [0.2, 0.25) is 5.95 Å². The van der Waals surface area contributed by atoms with Gasteiger partial charge in [0.1, 0.15) is 34.9 Å². The quantitative estimate of drug-likeness (QED) is 0.343. The second-order valence-corrected chi connectivity index (χ2v) is 8.00. The minimum absolute atomic E-state index is 0.0140. The Morgan fingerprint density at radius 2 is 2.09 bits per heavy atom. The van der Waals surface area contributed by atoms with Crippen LogP contribution in [0.15, 0.2) is 29.2 Å². The molecule has 3 heterocycles. The first-order chi connectivity index (χ1) is 15.9. The van der Waals surface area contributed by atoms with Crippen LogP contribution in [0.5, 0.6) is 0 Å². The molecule has 13 heteroatoms. The maximum atomic E-state index is 14.1. The van der Waals surface area contributed by atoms with Gasteiger partial charge in [-0.3, -0.25) is 9.89 Å². The summed E-state index contributed by atoms with van der Waals surface area (Å²) in [6.07, 6.45) is 3.15. The average Bonchev–Trinajstić information content (AvgIpc) is 3.45. The standard InChI is InChI=1S/C20H16ClFN10O/c21-11-5-9(22)6-12-14(11)19(33)32(13-3-4-26-31-13)18(27-12)15(8-1-2-8)28-17-10(7-23)16(24)29-20(25)30-17/h3-6,8,15H,1-2H2,(H,26,31)(H5,24,25,28,29,30). The van der Waals surface area contributed by atoms with Crippen molar-refractivity contribution in [2.75, 3.05) is 16.8 Å². The normalized spacial score (nSPS) is 14.2. The van der Waals surface area contributed by atoms with E-state index in [0.717, 1.165) is 25.0 Å². The number of halogens is 2. The lowest BCUT2D eigenvalue weighted by Crippen LogP contribution is -2.30. The summed E-state index contributed by atoms with van der Waals surface area (Å²) in [5.74, 6) is -0.0365. The first-order valence-corrected chi connectivity index (χ1v) is 10.3. The number of nitrogens with zero attached hydrogens (tertiary/aromatic N) is 6. The van der Waals surface area contributed by atoms with Crippen LogP contribution in [0.4, 0.5) is 22.0 Å². The molecule has 1 fully saturated rings. The molecular weight excluding hydrogens is 451 g/mol. The third kappa shape index (κ3) is 3.58. The summed E-state index contributed by atoms with van der Waals surface area (Å²) in [5, 5.41) is 19.4. The summed E-state index contributed by atoms with van der Waals surface area (Å²) in [4.78, 5) is 26.1. The van der Waals surface area contributed by atoms with Crippen molar-refractivity contribution in [3.8, 4) is 11.9 Å². The van der Waals surface area contributed by atoms with Crippen molar-refractivity contribution < 1.29 is 4.39 Å². The van der Waals surface area contributed by atoms with Crippen LogP contribution in [-0.4, -0.2) is 29.7 Å². The van der Waals surface area contributed by atoms with Crippen LogP contribution in [0, 0.1) is 23.1 Å². The second kappa shape index (κ2) is 7.72. The molecule has 1 aliphatic rings. The Labute approximate surface area is 190 Å². The average molecular weight is 467 g/mol. The number of aromatic nitrogens is 6. The number of nitriles is 1. The molecule has 0 saturated heterocycles. The predicted molar refractivity (Wildman–Crippen MR) is 119 cm³/mol. The summed E-state index contributed by atoms with van der Waals surface area (Å²) < 4.78 is 15.4. The molecule has 5 rings (SSSR count). The summed E-state index contributed by atoms with van der Waals surface area (Å²) >= 11 is 6.20. The fourth-order valence-electron chi connectivity index (χ4n) is 3.74. The molecule has 0 bridgehead atoms. The van der Waals surface area contributed by atoms with Crippen molar-refractivity contribution in [1.29, 1.82) is 5.26 Å². The van der Waals surface area contributed by atoms with Gasteiger partial charge < -0.3 is 16.8 Å². The van der Waals surface area contributed by atoms with Crippen LogP contribution in [-0.2, 0) is 0 Å². The zero-order valence-corrected chi connectivity index (χ0v) is 17.6. The number of hydrogen-bond donors (Lipinski definition) is 4. The van der Waals surface area contributed by atoms with E-state index in [-0.39, 0.29) is 50.8 Å². The number of nitrogens with two attached hydrogens (primary N) is 2. The highest BCUT2D eigenvalue weighted by atomic mass is 35.5. The van der Waals surface area contributed by atoms with Crippen molar-refractivity contribution >= 4 is 40.1 Å². The molecule has 3 aromatic heterocycles. The molecule has 0 spiro atoms. The Hall–Kier alpha value is -4.24. The van der Waals surface area contributed by atoms with Gasteiger partial charge in [0, 0.05) is 12.1 Å². The maximum Gasteiger partial charge on any atom is 0.268 e. The van der Waals surface area contributed by atoms with Crippen LogP contribution in [0.1, 0.15) is 30.3 Å². The third-order valence-electron chi connectivity index (χ3n) is 5.37. The lowest BCUT2D eigenvalue weighted by atomic mass is 10.1. The number of rotatable bonds is 5. The molecule has 0 radical (unpaired) electrons. The number of fused-ring (bicyclic) bond motifs is 1. The summed E-state index contributed by atoms with van der Waals surface area (Å²) in [7, 11) is 0. The van der Waals surface area contributed by atoms with Gasteiger partial charge in [-0.1, -0.05) is 11.6 Å². The van der Waals surface area contributed by atoms with Crippen LogP contribution in [0.25, 0.3) is 16.7 Å². The molecule has 1 atom stereocenters. The monoisotopic (exact) mass is 466 g/mol. The van der Waals surface area contributed by atoms with Crippen molar-refractivity contribution in [1.82, 2.24) is 29.7 Å². The number of nitrogen functional groups attached to an aromatic ring is 2. The van der Waals surface area contributed by atoms with Gasteiger partial charge in [-0.15, -0.1) is 0 Å². The zero-order valence-electron chi connectivity index (χ0n) is 16.9. The molecule has 4 aromatic rings. The van der Waals surface area contributed by atoms with E-state index >= 15 is 0 Å². The highest BCUT2D eigenvalue weighted by molar-refractivity contribution is 6.35. The molecule has 11 nitrogen and oxygen atoms in total. The first-order valence-electron chi connectivity index (χ1n) is 9.88. The van der Waals surface area contributed by atoms with Crippen LogP contribution < -0.4 is 22.3 Å². The lowest BCUT2D eigenvalue weighted by Gasteiger charge is -2.23. The van der Waals surface area contributed by atoms with E-state index in [9.17, 15) is 14.4 Å². The minimum Gasteiger partial charge on any atom is -0.382 e. The minimum atomic E-state index is -0.622. The Morgan fingerprint density at radius 3 is 2.76 bits per heavy atom. The van der Waals surface area contributed by atoms with E-state index in [0.29, 0.717) is 5.82 Å². The van der Waals surface area contributed by atoms with Gasteiger partial charge in [-0.2, -0.15) is 20.3 Å². The van der Waals surface area contributed by atoms with Gasteiger partial charge in [0.25, 0.3) is 5.56 Å². The Kier molecular flexibility index (Phi) is 4.83. The number of aromatic amines is 1. The Morgan fingerprint density at radius 1 is 1.30 bits per heavy atom. The molecule has 33 heavy (non-hydrogen) atoms. The van der Waals surface area contributed by atoms with E-state index in [4.69, 9.17) is 23.1 Å². The Bertz CT molecular complexity index is 1490. The smallest absolute Gasteiger partial charge is 0.268 e. The topological polar surface area (TPSA) is 177 Å². The molecule has 0 aliphatic heterocycles. The number of nitrogens with one attached hydrogen (secondary N) is 2. The molecule has 1 aliphatic carbocycles. The first kappa shape index (κ1) is 20.7. The predicted octanol–water partition coefficient (Wildman–Crippen LogP) is 2.29. The molecule has 6 N–H and O–H groups in total. The van der Waals surface area contributed by atoms with Crippen molar-refractivity contribution in [3.05, 3.63) is 57.0 Å². The fraction of sp³-hybridized carbons (Fsp3) is 0.200. The van der Waals surface area contributed by atoms with Crippen molar-refractivity contribution in [2.45, 2.75) is 18.9 Å². The second-order valence-electron chi connectivity index (χ2n) is 7.60. The molecule has 1 saturated carbocycles. The van der Waals surface area contributed by atoms with Gasteiger partial charge >= 0.3 is 0 Å². The third-order valence-corrected chi connectivity index (χ3v) is 5.67. The van der Waals surface area contributed by atoms with Gasteiger partial charge in [-0.05, 0) is 24.8 Å². The molecule has 166 valence electrons. The van der Waals surface area contributed by atoms with Crippen molar-refractivity contribution in [2.24, 2.45) is 5.92 Å². The highest BCUT2D eigenvalue weighted by Crippen LogP contribution is 2.43. The van der Waals surface area contributed by atoms with E-state index in [2.05, 4.69) is 30.5 Å². The molecule has 1 aromatic carbocycles. The van der Waals surface area contributed by atoms with Gasteiger partial charge in [0.15, 0.2) is 5.82 Å². The van der Waals surface area contributed by atoms with Gasteiger partial charge in [0.05, 0.1) is 28.2 Å². The summed E-state index contributed by atoms with van der Waals surface area (Å²) in [6.45, 7) is 0. The molecular formula is C20H16ClFN10O. The molecule has 0 amide bonds. The lowest BCUT2D eigenvalue weighted by molar-refractivity contribution is 0.603. The van der Waals surface area contributed by atoms with Crippen molar-refractivity contribution in [3.63, 3.8) is 0 Å². The number of benzene rings is 1. The number of H-pyrrole nitrogens is 1. The Balaban J connectivity index is 1.77. The van der Waals surface area contributed by atoms with E-state index in [1.54, 1.807) is 6.07 Å². The summed E-state index contributed by atoms with van der Waals surface area (Å²) in [5.41, 5.74) is 11.2. The van der Waals surface area contributed by atoms with Crippen LogP contribution in [0.2, 0.25) is 5.02 Å². The van der Waals surface area contributed by atoms with Crippen LogP contribution >= 0.6 is 11.6 Å². The fourth-order valence-corrected chi connectivity index (χ4v) is 4.03. The molecule has 1 unspecified atom stereocenters. The SMILES string of the molecule is N#Cc1c(N)nc(N)nc1NC(c1nc2cc(F)cc(Cl)c2c(=O)n1-c1ccn[nH]1)C1CC1. The van der Waals surface area contributed by atoms with E-state index < -0.39 is 17.4 Å².